The molecule has 0 aromatic carbocycles. The zero-order valence-corrected chi connectivity index (χ0v) is 14.8. The molecule has 1 saturated heterocycles. The van der Waals surface area contributed by atoms with E-state index in [2.05, 4.69) is 10.3 Å². The quantitative estimate of drug-likeness (QED) is 0.823. The van der Waals surface area contributed by atoms with E-state index < -0.39 is 0 Å². The lowest BCUT2D eigenvalue weighted by molar-refractivity contribution is -0.126. The van der Waals surface area contributed by atoms with E-state index in [1.54, 1.807) is 17.2 Å². The first-order valence-electron chi connectivity index (χ1n) is 9.33. The number of aromatic nitrogens is 1. The molecule has 2 amide bonds. The minimum absolute atomic E-state index is 0.0561. The van der Waals surface area contributed by atoms with Crippen LogP contribution < -0.4 is 5.32 Å². The fraction of sp³-hybridized carbons (Fsp3) is 0.632. The number of rotatable bonds is 4. The van der Waals surface area contributed by atoms with Gasteiger partial charge in [0.05, 0.1) is 0 Å². The summed E-state index contributed by atoms with van der Waals surface area (Å²) >= 11 is 0. The maximum Gasteiger partial charge on any atom is 0.270 e. The Bertz CT molecular complexity index is 638. The van der Waals surface area contributed by atoms with Gasteiger partial charge in [0.2, 0.25) is 5.91 Å². The van der Waals surface area contributed by atoms with Crippen LogP contribution in [0.4, 0.5) is 0 Å². The second-order valence-corrected chi connectivity index (χ2v) is 7.27. The summed E-state index contributed by atoms with van der Waals surface area (Å²) in [6, 6.07) is 1.77. The fourth-order valence-electron chi connectivity index (χ4n) is 3.80. The van der Waals surface area contributed by atoms with E-state index in [4.69, 9.17) is 0 Å². The smallest absolute Gasteiger partial charge is 0.270 e. The van der Waals surface area contributed by atoms with Crippen LogP contribution in [-0.2, 0) is 4.79 Å². The average Bonchev–Trinajstić information content (AvgIpc) is 3.13. The van der Waals surface area contributed by atoms with Gasteiger partial charge in [-0.3, -0.25) is 14.4 Å². The van der Waals surface area contributed by atoms with E-state index in [0.717, 1.165) is 38.5 Å². The van der Waals surface area contributed by atoms with Gasteiger partial charge in [0.1, 0.15) is 5.69 Å². The molecule has 2 aliphatic rings. The van der Waals surface area contributed by atoms with Crippen molar-refractivity contribution in [1.29, 1.82) is 0 Å². The number of nitrogens with zero attached hydrogens (tertiary/aromatic N) is 1. The third kappa shape index (κ3) is 4.30. The van der Waals surface area contributed by atoms with Crippen molar-refractivity contribution in [3.8, 4) is 0 Å². The van der Waals surface area contributed by atoms with Crippen molar-refractivity contribution in [3.63, 3.8) is 0 Å². The molecular weight excluding hydrogens is 318 g/mol. The molecule has 6 heteroatoms. The topological polar surface area (TPSA) is 82.3 Å². The maximum absolute atomic E-state index is 12.5. The molecule has 1 aliphatic carbocycles. The highest BCUT2D eigenvalue weighted by atomic mass is 16.2. The molecule has 0 unspecified atom stereocenters. The van der Waals surface area contributed by atoms with Crippen LogP contribution in [0.3, 0.4) is 0 Å². The minimum atomic E-state index is -0.0791. The summed E-state index contributed by atoms with van der Waals surface area (Å²) in [6.45, 7) is 2.74. The van der Waals surface area contributed by atoms with Gasteiger partial charge in [-0.1, -0.05) is 19.3 Å². The summed E-state index contributed by atoms with van der Waals surface area (Å²) in [4.78, 5) is 40.9. The van der Waals surface area contributed by atoms with Gasteiger partial charge in [0.15, 0.2) is 5.78 Å². The molecule has 0 atom stereocenters. The predicted octanol–water partition coefficient (Wildman–Crippen LogP) is 2.52. The normalized spacial score (nSPS) is 19.6. The number of amides is 2. The van der Waals surface area contributed by atoms with Gasteiger partial charge in [-0.25, -0.2) is 0 Å². The van der Waals surface area contributed by atoms with Crippen molar-refractivity contribution < 1.29 is 14.4 Å². The van der Waals surface area contributed by atoms with E-state index in [1.165, 1.54) is 13.3 Å². The Labute approximate surface area is 148 Å². The van der Waals surface area contributed by atoms with Crippen LogP contribution in [0.25, 0.3) is 0 Å². The maximum atomic E-state index is 12.5. The Morgan fingerprint density at radius 2 is 1.76 bits per heavy atom. The number of likely N-dealkylation sites (tertiary alicyclic amines) is 1. The van der Waals surface area contributed by atoms with E-state index >= 15 is 0 Å². The van der Waals surface area contributed by atoms with Crippen molar-refractivity contribution in [2.24, 2.45) is 5.92 Å². The number of ketones is 1. The van der Waals surface area contributed by atoms with Crippen molar-refractivity contribution in [2.45, 2.75) is 57.9 Å². The Morgan fingerprint density at radius 3 is 2.36 bits per heavy atom. The number of carbonyl (C=O) groups excluding carboxylic acids is 3. The van der Waals surface area contributed by atoms with E-state index in [1.807, 2.05) is 0 Å². The summed E-state index contributed by atoms with van der Waals surface area (Å²) in [7, 11) is 0. The van der Waals surface area contributed by atoms with Crippen LogP contribution >= 0.6 is 0 Å². The Balaban J connectivity index is 1.48. The van der Waals surface area contributed by atoms with Gasteiger partial charge in [-0.2, -0.15) is 0 Å². The van der Waals surface area contributed by atoms with Crippen LogP contribution in [0.1, 0.15) is 72.7 Å². The number of H-pyrrole nitrogens is 1. The van der Waals surface area contributed by atoms with Crippen molar-refractivity contribution >= 4 is 17.6 Å². The van der Waals surface area contributed by atoms with E-state index in [9.17, 15) is 14.4 Å². The van der Waals surface area contributed by atoms with Crippen LogP contribution in [0, 0.1) is 5.92 Å². The number of Topliss-reactive ketones (excluding diaryl/α,β-unsaturated/α-hetero) is 1. The third-order valence-electron chi connectivity index (χ3n) is 5.42. The average molecular weight is 345 g/mol. The second-order valence-electron chi connectivity index (χ2n) is 7.27. The molecule has 1 aromatic heterocycles. The molecular formula is C19H27N3O3. The van der Waals surface area contributed by atoms with Gasteiger partial charge in [-0.05, 0) is 38.7 Å². The number of carbonyl (C=O) groups is 3. The number of nitrogens with one attached hydrogen (secondary N) is 2. The van der Waals surface area contributed by atoms with Gasteiger partial charge in [0.25, 0.3) is 5.91 Å². The van der Waals surface area contributed by atoms with Gasteiger partial charge >= 0.3 is 0 Å². The van der Waals surface area contributed by atoms with Crippen molar-refractivity contribution in [1.82, 2.24) is 15.2 Å². The zero-order valence-electron chi connectivity index (χ0n) is 14.8. The van der Waals surface area contributed by atoms with Crippen LogP contribution in [0.15, 0.2) is 12.3 Å². The molecule has 0 radical (unpaired) electrons. The number of aromatic amines is 1. The predicted molar refractivity (Wildman–Crippen MR) is 94.4 cm³/mol. The monoisotopic (exact) mass is 345 g/mol. The number of hydrogen-bond donors (Lipinski definition) is 2. The molecule has 1 aromatic rings. The summed E-state index contributed by atoms with van der Waals surface area (Å²) in [5.74, 6) is 0.237. The highest BCUT2D eigenvalue weighted by Crippen LogP contribution is 2.24. The molecule has 2 N–H and O–H groups in total. The highest BCUT2D eigenvalue weighted by Gasteiger charge is 2.28. The summed E-state index contributed by atoms with van der Waals surface area (Å²) in [5.41, 5.74) is 0.980. The first kappa shape index (κ1) is 17.7. The van der Waals surface area contributed by atoms with Gasteiger partial charge in [-0.15, -0.1) is 0 Å². The summed E-state index contributed by atoms with van der Waals surface area (Å²) in [6.07, 6.45) is 8.71. The fourth-order valence-corrected chi connectivity index (χ4v) is 3.80. The lowest BCUT2D eigenvalue weighted by Crippen LogP contribution is -2.48. The number of piperidine rings is 1. The molecule has 136 valence electrons. The van der Waals surface area contributed by atoms with Crippen LogP contribution in [-0.4, -0.2) is 46.6 Å². The van der Waals surface area contributed by atoms with Crippen molar-refractivity contribution in [3.05, 3.63) is 23.5 Å². The number of hydrogen-bond acceptors (Lipinski definition) is 3. The Kier molecular flexibility index (Phi) is 5.56. The molecule has 1 saturated carbocycles. The van der Waals surface area contributed by atoms with Crippen LogP contribution in [0.2, 0.25) is 0 Å². The SMILES string of the molecule is CC(=O)c1c[nH]c(C(=O)N2CCC(NC(=O)C3CCCCC3)CC2)c1. The third-order valence-corrected chi connectivity index (χ3v) is 5.42. The first-order valence-corrected chi connectivity index (χ1v) is 9.33. The molecule has 1 aliphatic heterocycles. The lowest BCUT2D eigenvalue weighted by Gasteiger charge is -2.33. The van der Waals surface area contributed by atoms with E-state index in [-0.39, 0.29) is 29.6 Å². The minimum Gasteiger partial charge on any atom is -0.356 e. The molecule has 6 nitrogen and oxygen atoms in total. The molecule has 2 fully saturated rings. The molecule has 25 heavy (non-hydrogen) atoms. The molecule has 3 rings (SSSR count). The second kappa shape index (κ2) is 7.85. The summed E-state index contributed by atoms with van der Waals surface area (Å²) < 4.78 is 0. The largest absolute Gasteiger partial charge is 0.356 e. The van der Waals surface area contributed by atoms with Crippen LogP contribution in [0.5, 0.6) is 0 Å². The standard InChI is InChI=1S/C19H27N3O3/c1-13(23)15-11-17(20-12-15)19(25)22-9-7-16(8-10-22)21-18(24)14-5-3-2-4-6-14/h11-12,14,16,20H,2-10H2,1H3,(H,21,24). The van der Waals surface area contributed by atoms with Crippen molar-refractivity contribution in [2.75, 3.05) is 13.1 Å². The Morgan fingerprint density at radius 1 is 1.08 bits per heavy atom. The van der Waals surface area contributed by atoms with E-state index in [0.29, 0.717) is 24.3 Å². The Hall–Kier alpha value is -2.11. The highest BCUT2D eigenvalue weighted by molar-refractivity contribution is 5.99. The summed E-state index contributed by atoms with van der Waals surface area (Å²) in [5, 5.41) is 3.18. The molecule has 2 heterocycles. The molecule has 0 spiro atoms. The van der Waals surface area contributed by atoms with Gasteiger partial charge < -0.3 is 15.2 Å². The van der Waals surface area contributed by atoms with Gasteiger partial charge in [0, 0.05) is 36.8 Å². The zero-order chi connectivity index (χ0) is 17.8. The first-order chi connectivity index (χ1) is 12.0. The lowest BCUT2D eigenvalue weighted by atomic mass is 9.88. The molecule has 0 bridgehead atoms.